The molecular formula is C31H29N3O4. The van der Waals surface area contributed by atoms with Gasteiger partial charge in [-0.2, -0.15) is 5.10 Å². The molecule has 0 unspecified atom stereocenters. The minimum Gasteiger partial charge on any atom is -0.462 e. The first-order valence-electron chi connectivity index (χ1n) is 12.7. The van der Waals surface area contributed by atoms with Crippen LogP contribution in [0.1, 0.15) is 50.1 Å². The maximum Gasteiger partial charge on any atom is 0.338 e. The molecule has 192 valence electrons. The number of furan rings is 1. The highest BCUT2D eigenvalue weighted by Crippen LogP contribution is 2.23. The number of fused-ring (bicyclic) bond motifs is 1. The second-order valence-corrected chi connectivity index (χ2v) is 9.13. The highest BCUT2D eigenvalue weighted by molar-refractivity contribution is 5.94. The Bertz CT molecular complexity index is 1440. The van der Waals surface area contributed by atoms with E-state index in [0.717, 1.165) is 31.6 Å². The van der Waals surface area contributed by atoms with Gasteiger partial charge in [-0.05, 0) is 66.4 Å². The fraction of sp³-hybridized carbons (Fsp3) is 0.194. The van der Waals surface area contributed by atoms with Crippen LogP contribution in [-0.2, 0) is 24.2 Å². The summed E-state index contributed by atoms with van der Waals surface area (Å²) in [7, 11) is 0. The van der Waals surface area contributed by atoms with Crippen LogP contribution in [0, 0.1) is 0 Å². The average Bonchev–Trinajstić information content (AvgIpc) is 3.42. The van der Waals surface area contributed by atoms with Gasteiger partial charge in [0.15, 0.2) is 0 Å². The van der Waals surface area contributed by atoms with Crippen molar-refractivity contribution in [2.75, 3.05) is 13.2 Å². The Balaban J connectivity index is 1.13. The normalized spacial score (nSPS) is 13.3. The van der Waals surface area contributed by atoms with Crippen LogP contribution in [-0.4, -0.2) is 36.1 Å². The Hall–Kier alpha value is -4.49. The van der Waals surface area contributed by atoms with Gasteiger partial charge >= 0.3 is 5.97 Å². The lowest BCUT2D eigenvalue weighted by molar-refractivity contribution is 0.0526. The highest BCUT2D eigenvalue weighted by atomic mass is 16.5. The number of esters is 1. The molecule has 1 N–H and O–H groups in total. The topological polar surface area (TPSA) is 84.1 Å². The number of hydrogen-bond acceptors (Lipinski definition) is 6. The zero-order chi connectivity index (χ0) is 26.3. The predicted octanol–water partition coefficient (Wildman–Crippen LogP) is 5.45. The van der Waals surface area contributed by atoms with Gasteiger partial charge in [-0.15, -0.1) is 0 Å². The molecular weight excluding hydrogens is 478 g/mol. The number of nitrogens with one attached hydrogen (secondary N) is 1. The zero-order valence-corrected chi connectivity index (χ0v) is 21.2. The van der Waals surface area contributed by atoms with Gasteiger partial charge in [-0.25, -0.2) is 10.2 Å². The third-order valence-electron chi connectivity index (χ3n) is 6.50. The molecule has 0 fully saturated rings. The van der Waals surface area contributed by atoms with Crippen molar-refractivity contribution in [1.29, 1.82) is 0 Å². The van der Waals surface area contributed by atoms with E-state index in [9.17, 15) is 9.59 Å². The van der Waals surface area contributed by atoms with E-state index >= 15 is 0 Å². The lowest BCUT2D eigenvalue weighted by Gasteiger charge is -2.28. The van der Waals surface area contributed by atoms with Gasteiger partial charge in [0.25, 0.3) is 5.91 Å². The third-order valence-corrected chi connectivity index (χ3v) is 6.50. The molecule has 0 bridgehead atoms. The highest BCUT2D eigenvalue weighted by Gasteiger charge is 2.16. The molecule has 5 rings (SSSR count). The number of ether oxygens (including phenoxy) is 1. The smallest absolute Gasteiger partial charge is 0.338 e. The Morgan fingerprint density at radius 2 is 1.68 bits per heavy atom. The molecule has 1 aromatic heterocycles. The van der Waals surface area contributed by atoms with Gasteiger partial charge in [0, 0.05) is 30.8 Å². The van der Waals surface area contributed by atoms with Crippen molar-refractivity contribution < 1.29 is 18.7 Å². The van der Waals surface area contributed by atoms with E-state index in [4.69, 9.17) is 9.15 Å². The molecule has 7 nitrogen and oxygen atoms in total. The van der Waals surface area contributed by atoms with Crippen molar-refractivity contribution in [3.8, 4) is 11.3 Å². The Kier molecular flexibility index (Phi) is 7.75. The Labute approximate surface area is 221 Å². The summed E-state index contributed by atoms with van der Waals surface area (Å²) in [4.78, 5) is 26.8. The van der Waals surface area contributed by atoms with E-state index in [2.05, 4.69) is 39.7 Å². The van der Waals surface area contributed by atoms with Gasteiger partial charge < -0.3 is 9.15 Å². The van der Waals surface area contributed by atoms with E-state index in [1.165, 1.54) is 22.9 Å². The van der Waals surface area contributed by atoms with Crippen molar-refractivity contribution in [3.63, 3.8) is 0 Å². The monoisotopic (exact) mass is 507 g/mol. The Morgan fingerprint density at radius 1 is 0.947 bits per heavy atom. The van der Waals surface area contributed by atoms with Crippen molar-refractivity contribution >= 4 is 18.1 Å². The number of hydrazone groups is 1. The van der Waals surface area contributed by atoms with Crippen LogP contribution in [0.15, 0.2) is 94.4 Å². The number of amides is 1. The summed E-state index contributed by atoms with van der Waals surface area (Å²) in [6.45, 7) is 4.92. The van der Waals surface area contributed by atoms with Gasteiger partial charge in [-0.3, -0.25) is 9.69 Å². The maximum atomic E-state index is 12.5. The number of nitrogens with zero attached hydrogens (tertiary/aromatic N) is 2. The summed E-state index contributed by atoms with van der Waals surface area (Å²) >= 11 is 0. The summed E-state index contributed by atoms with van der Waals surface area (Å²) in [6.07, 6.45) is 2.52. The first-order valence-corrected chi connectivity index (χ1v) is 12.7. The first-order chi connectivity index (χ1) is 18.6. The van der Waals surface area contributed by atoms with Crippen molar-refractivity contribution in [2.24, 2.45) is 5.10 Å². The van der Waals surface area contributed by atoms with Crippen molar-refractivity contribution in [1.82, 2.24) is 10.3 Å². The van der Waals surface area contributed by atoms with Gasteiger partial charge in [0.2, 0.25) is 0 Å². The third kappa shape index (κ3) is 6.07. The standard InChI is InChI=1S/C31H29N3O4/c1-2-37-31(36)26-13-11-24(12-14-26)29-16-15-28(38-29)19-32-33-30(35)25-9-7-22(8-10-25)20-34-18-17-23-5-3-4-6-27(23)21-34/h3-16,19H,2,17-18,20-21H2,1H3,(H,33,35)/b32-19+. The van der Waals surface area contributed by atoms with Crippen LogP contribution in [0.4, 0.5) is 0 Å². The van der Waals surface area contributed by atoms with Crippen LogP contribution in [0.5, 0.6) is 0 Å². The van der Waals surface area contributed by atoms with Crippen LogP contribution in [0.25, 0.3) is 11.3 Å². The fourth-order valence-electron chi connectivity index (χ4n) is 4.49. The van der Waals surface area contributed by atoms with E-state index in [1.54, 1.807) is 37.3 Å². The van der Waals surface area contributed by atoms with Crippen LogP contribution >= 0.6 is 0 Å². The molecule has 0 saturated heterocycles. The van der Waals surface area contributed by atoms with Crippen LogP contribution in [0.2, 0.25) is 0 Å². The summed E-state index contributed by atoms with van der Waals surface area (Å²) in [5.41, 5.74) is 8.38. The summed E-state index contributed by atoms with van der Waals surface area (Å²) in [5, 5.41) is 4.03. The minimum absolute atomic E-state index is 0.291. The molecule has 4 aromatic rings. The first kappa shape index (κ1) is 25.2. The van der Waals surface area contributed by atoms with E-state index < -0.39 is 0 Å². The fourth-order valence-corrected chi connectivity index (χ4v) is 4.49. The van der Waals surface area contributed by atoms with Crippen molar-refractivity contribution in [2.45, 2.75) is 26.4 Å². The molecule has 3 aromatic carbocycles. The maximum absolute atomic E-state index is 12.5. The molecule has 0 saturated carbocycles. The molecule has 0 radical (unpaired) electrons. The average molecular weight is 508 g/mol. The second kappa shape index (κ2) is 11.7. The van der Waals surface area contributed by atoms with E-state index in [-0.39, 0.29) is 11.9 Å². The molecule has 7 heteroatoms. The molecule has 38 heavy (non-hydrogen) atoms. The van der Waals surface area contributed by atoms with E-state index in [1.807, 2.05) is 30.3 Å². The molecule has 2 heterocycles. The quantitative estimate of drug-likeness (QED) is 0.195. The van der Waals surface area contributed by atoms with Crippen LogP contribution < -0.4 is 5.43 Å². The molecule has 0 aliphatic carbocycles. The van der Waals surface area contributed by atoms with Crippen LogP contribution in [0.3, 0.4) is 0 Å². The largest absolute Gasteiger partial charge is 0.462 e. The van der Waals surface area contributed by atoms with E-state index in [0.29, 0.717) is 29.3 Å². The summed E-state index contributed by atoms with van der Waals surface area (Å²) in [5.74, 6) is 0.472. The lowest BCUT2D eigenvalue weighted by Crippen LogP contribution is -2.30. The summed E-state index contributed by atoms with van der Waals surface area (Å²) in [6, 6.07) is 26.8. The molecule has 1 amide bonds. The Morgan fingerprint density at radius 3 is 2.45 bits per heavy atom. The van der Waals surface area contributed by atoms with Gasteiger partial charge in [-0.1, -0.05) is 48.5 Å². The molecule has 1 aliphatic heterocycles. The number of benzene rings is 3. The second-order valence-electron chi connectivity index (χ2n) is 9.13. The number of carbonyl (C=O) groups is 2. The van der Waals surface area contributed by atoms with Crippen molar-refractivity contribution in [3.05, 3.63) is 119 Å². The number of hydrogen-bond donors (Lipinski definition) is 1. The predicted molar refractivity (Wildman–Crippen MR) is 146 cm³/mol. The number of carbonyl (C=O) groups excluding carboxylic acids is 2. The number of rotatable bonds is 8. The molecule has 0 spiro atoms. The summed E-state index contributed by atoms with van der Waals surface area (Å²) < 4.78 is 10.8. The lowest BCUT2D eigenvalue weighted by atomic mass is 9.99. The SMILES string of the molecule is CCOC(=O)c1ccc(-c2ccc(/C=N/NC(=O)c3ccc(CN4CCc5ccccc5C4)cc3)o2)cc1. The zero-order valence-electron chi connectivity index (χ0n) is 21.2. The molecule has 1 aliphatic rings. The van der Waals surface area contributed by atoms with Gasteiger partial charge in [0.05, 0.1) is 18.4 Å². The van der Waals surface area contributed by atoms with Gasteiger partial charge in [0.1, 0.15) is 11.5 Å². The molecule has 0 atom stereocenters. The minimum atomic E-state index is -0.357.